The van der Waals surface area contributed by atoms with Crippen LogP contribution in [0.4, 0.5) is 0 Å². The van der Waals surface area contributed by atoms with Crippen molar-refractivity contribution in [3.05, 3.63) is 0 Å². The van der Waals surface area contributed by atoms with E-state index in [1.165, 1.54) is 0 Å². The first kappa shape index (κ1) is 13.5. The molecule has 0 radical (unpaired) electrons. The van der Waals surface area contributed by atoms with E-state index < -0.39 is 5.60 Å². The first-order valence-corrected chi connectivity index (χ1v) is 6.12. The molecule has 0 saturated carbocycles. The maximum Gasteiger partial charge on any atom is 0.254 e. The highest BCUT2D eigenvalue weighted by Crippen LogP contribution is 2.13. The molecule has 1 saturated heterocycles. The largest absolute Gasteiger partial charge is 0.381 e. The highest BCUT2D eigenvalue weighted by Gasteiger charge is 2.31. The van der Waals surface area contributed by atoms with Crippen molar-refractivity contribution in [2.45, 2.75) is 45.8 Å². The molecule has 1 fully saturated rings. The highest BCUT2D eigenvalue weighted by atomic mass is 16.3. The summed E-state index contributed by atoms with van der Waals surface area (Å²) in [6.45, 7) is 10.8. The molecule has 4 heteroatoms. The number of nitrogens with zero attached hydrogens (tertiary/aromatic N) is 2. The summed E-state index contributed by atoms with van der Waals surface area (Å²) in [5, 5.41) is 9.65. The van der Waals surface area contributed by atoms with Crippen LogP contribution in [0.5, 0.6) is 0 Å². The van der Waals surface area contributed by atoms with Crippen LogP contribution in [-0.2, 0) is 4.79 Å². The molecule has 0 aliphatic carbocycles. The summed E-state index contributed by atoms with van der Waals surface area (Å²) in [4.78, 5) is 16.0. The van der Waals surface area contributed by atoms with Gasteiger partial charge in [0, 0.05) is 32.2 Å². The molecule has 16 heavy (non-hydrogen) atoms. The van der Waals surface area contributed by atoms with Crippen molar-refractivity contribution in [2.75, 3.05) is 26.2 Å². The molecule has 1 N–H and O–H groups in total. The van der Waals surface area contributed by atoms with Gasteiger partial charge in [-0.3, -0.25) is 9.69 Å². The van der Waals surface area contributed by atoms with E-state index in [4.69, 9.17) is 0 Å². The fourth-order valence-electron chi connectivity index (χ4n) is 2.01. The number of rotatable bonds is 3. The third-order valence-electron chi connectivity index (χ3n) is 3.34. The smallest absolute Gasteiger partial charge is 0.254 e. The topological polar surface area (TPSA) is 43.8 Å². The van der Waals surface area contributed by atoms with Gasteiger partial charge in [0.25, 0.3) is 5.91 Å². The molecule has 1 rings (SSSR count). The van der Waals surface area contributed by atoms with Crippen LogP contribution in [0.15, 0.2) is 0 Å². The minimum absolute atomic E-state index is 0.156. The van der Waals surface area contributed by atoms with Crippen LogP contribution >= 0.6 is 0 Å². The van der Waals surface area contributed by atoms with Crippen molar-refractivity contribution in [3.8, 4) is 0 Å². The highest BCUT2D eigenvalue weighted by molar-refractivity contribution is 5.84. The van der Waals surface area contributed by atoms with E-state index in [1.54, 1.807) is 18.7 Å². The number of hydrogen-bond donors (Lipinski definition) is 1. The van der Waals surface area contributed by atoms with E-state index in [0.717, 1.165) is 32.6 Å². The summed E-state index contributed by atoms with van der Waals surface area (Å²) in [5.41, 5.74) is -1.24. The van der Waals surface area contributed by atoms with Gasteiger partial charge in [0.15, 0.2) is 0 Å². The molecule has 4 nitrogen and oxygen atoms in total. The molecule has 94 valence electrons. The molecule has 0 bridgehead atoms. The van der Waals surface area contributed by atoms with Crippen LogP contribution < -0.4 is 0 Å². The van der Waals surface area contributed by atoms with Gasteiger partial charge in [-0.05, 0) is 27.2 Å². The lowest BCUT2D eigenvalue weighted by atomic mass is 10.1. The first-order valence-electron chi connectivity index (χ1n) is 6.12. The molecule has 0 spiro atoms. The van der Waals surface area contributed by atoms with Crippen molar-refractivity contribution < 1.29 is 9.90 Å². The monoisotopic (exact) mass is 228 g/mol. The lowest BCUT2D eigenvalue weighted by molar-refractivity contribution is -0.149. The van der Waals surface area contributed by atoms with Gasteiger partial charge in [0.1, 0.15) is 5.60 Å². The van der Waals surface area contributed by atoms with Gasteiger partial charge < -0.3 is 10.0 Å². The first-order chi connectivity index (χ1) is 7.36. The van der Waals surface area contributed by atoms with E-state index in [-0.39, 0.29) is 5.91 Å². The fraction of sp³-hybridized carbons (Fsp3) is 0.917. The van der Waals surface area contributed by atoms with Gasteiger partial charge in [-0.2, -0.15) is 0 Å². The molecule has 0 aromatic carbocycles. The van der Waals surface area contributed by atoms with Crippen LogP contribution in [0.25, 0.3) is 0 Å². The van der Waals surface area contributed by atoms with Crippen LogP contribution in [0.3, 0.4) is 0 Å². The van der Waals surface area contributed by atoms with Gasteiger partial charge in [0.2, 0.25) is 0 Å². The third-order valence-corrected chi connectivity index (χ3v) is 3.34. The molecule has 1 amide bonds. The number of carbonyl (C=O) groups is 1. The predicted molar refractivity (Wildman–Crippen MR) is 64.2 cm³/mol. The lowest BCUT2D eigenvalue weighted by Gasteiger charge is -2.39. The standard InChI is InChI=1S/C12H24N2O2/c1-5-10(2)13-6-8-14(9-7-13)11(15)12(3,4)16/h10,16H,5-9H2,1-4H3. The molecule has 1 aliphatic heterocycles. The molecule has 0 aromatic rings. The molecule has 0 aromatic heterocycles. The van der Waals surface area contributed by atoms with Gasteiger partial charge in [-0.15, -0.1) is 0 Å². The summed E-state index contributed by atoms with van der Waals surface area (Å²) in [6, 6.07) is 0.583. The molecule has 1 unspecified atom stereocenters. The Morgan fingerprint density at radius 1 is 1.31 bits per heavy atom. The zero-order chi connectivity index (χ0) is 12.3. The molecule has 1 atom stereocenters. The van der Waals surface area contributed by atoms with Crippen LogP contribution in [0, 0.1) is 0 Å². The average Bonchev–Trinajstić information content (AvgIpc) is 2.26. The Bertz CT molecular complexity index is 240. The summed E-state index contributed by atoms with van der Waals surface area (Å²) >= 11 is 0. The number of hydrogen-bond acceptors (Lipinski definition) is 3. The third kappa shape index (κ3) is 3.19. The number of aliphatic hydroxyl groups is 1. The number of piperazine rings is 1. The minimum Gasteiger partial charge on any atom is -0.381 e. The van der Waals surface area contributed by atoms with Crippen molar-refractivity contribution in [3.63, 3.8) is 0 Å². The number of amides is 1. The zero-order valence-electron chi connectivity index (χ0n) is 10.9. The SMILES string of the molecule is CCC(C)N1CCN(C(=O)C(C)(C)O)CC1. The molecule has 1 aliphatic rings. The molecular weight excluding hydrogens is 204 g/mol. The second-order valence-electron chi connectivity index (χ2n) is 5.14. The Balaban J connectivity index is 2.46. The van der Waals surface area contributed by atoms with Crippen molar-refractivity contribution in [1.29, 1.82) is 0 Å². The minimum atomic E-state index is -1.24. The normalized spacial score (nSPS) is 20.9. The van der Waals surface area contributed by atoms with Gasteiger partial charge in [-0.1, -0.05) is 6.92 Å². The summed E-state index contributed by atoms with van der Waals surface area (Å²) in [7, 11) is 0. The van der Waals surface area contributed by atoms with E-state index in [0.29, 0.717) is 6.04 Å². The maximum atomic E-state index is 11.8. The molecular formula is C12H24N2O2. The maximum absolute atomic E-state index is 11.8. The predicted octanol–water partition coefficient (Wildman–Crippen LogP) is 0.700. The second kappa shape index (κ2) is 5.15. The Labute approximate surface area is 98.2 Å². The van der Waals surface area contributed by atoms with Gasteiger partial charge >= 0.3 is 0 Å². The van der Waals surface area contributed by atoms with E-state index >= 15 is 0 Å². The summed E-state index contributed by atoms with van der Waals surface area (Å²) in [6.07, 6.45) is 1.14. The zero-order valence-corrected chi connectivity index (χ0v) is 10.9. The van der Waals surface area contributed by atoms with E-state index in [1.807, 2.05) is 0 Å². The van der Waals surface area contributed by atoms with Crippen LogP contribution in [0.1, 0.15) is 34.1 Å². The fourth-order valence-corrected chi connectivity index (χ4v) is 2.01. The van der Waals surface area contributed by atoms with Crippen molar-refractivity contribution in [1.82, 2.24) is 9.80 Å². The van der Waals surface area contributed by atoms with Gasteiger partial charge in [0.05, 0.1) is 0 Å². The average molecular weight is 228 g/mol. The lowest BCUT2D eigenvalue weighted by Crippen LogP contribution is -2.55. The van der Waals surface area contributed by atoms with E-state index in [9.17, 15) is 9.90 Å². The van der Waals surface area contributed by atoms with Crippen LogP contribution in [-0.4, -0.2) is 58.6 Å². The summed E-state index contributed by atoms with van der Waals surface area (Å²) < 4.78 is 0. The Hall–Kier alpha value is -0.610. The Kier molecular flexibility index (Phi) is 4.33. The quantitative estimate of drug-likeness (QED) is 0.773. The van der Waals surface area contributed by atoms with Crippen LogP contribution in [0.2, 0.25) is 0 Å². The van der Waals surface area contributed by atoms with Crippen molar-refractivity contribution in [2.24, 2.45) is 0 Å². The molecule has 1 heterocycles. The van der Waals surface area contributed by atoms with Crippen molar-refractivity contribution >= 4 is 5.91 Å². The summed E-state index contributed by atoms with van der Waals surface area (Å²) in [5.74, 6) is -0.156. The number of carbonyl (C=O) groups excluding carboxylic acids is 1. The van der Waals surface area contributed by atoms with Gasteiger partial charge in [-0.25, -0.2) is 0 Å². The van der Waals surface area contributed by atoms with E-state index in [2.05, 4.69) is 18.7 Å². The Morgan fingerprint density at radius 2 is 1.81 bits per heavy atom. The Morgan fingerprint density at radius 3 is 2.19 bits per heavy atom. The second-order valence-corrected chi connectivity index (χ2v) is 5.14.